The number of nitro groups is 1. The van der Waals surface area contributed by atoms with E-state index >= 15 is 0 Å². The quantitative estimate of drug-likeness (QED) is 0.425. The van der Waals surface area contributed by atoms with Crippen molar-refractivity contribution in [1.29, 1.82) is 0 Å². The van der Waals surface area contributed by atoms with Crippen LogP contribution in [0.3, 0.4) is 0 Å². The molecule has 3 aromatic rings. The zero-order valence-electron chi connectivity index (χ0n) is 16.7. The first-order valence-corrected chi connectivity index (χ1v) is 9.48. The average Bonchev–Trinajstić information content (AvgIpc) is 3.25. The Hall–Kier alpha value is -3.88. The average molecular weight is 410 g/mol. The van der Waals surface area contributed by atoms with Crippen LogP contribution in [-0.2, 0) is 11.2 Å². The number of amides is 1. The second-order valence-corrected chi connectivity index (χ2v) is 6.28. The van der Waals surface area contributed by atoms with E-state index in [0.717, 1.165) is 11.3 Å². The first-order chi connectivity index (χ1) is 14.5. The number of hydrogen-bond donors (Lipinski definition) is 1. The van der Waals surface area contributed by atoms with Gasteiger partial charge in [0.2, 0.25) is 5.91 Å². The van der Waals surface area contributed by atoms with Gasteiger partial charge in [0, 0.05) is 18.5 Å². The van der Waals surface area contributed by atoms with Gasteiger partial charge in [0.1, 0.15) is 5.69 Å². The first-order valence-electron chi connectivity index (χ1n) is 9.48. The van der Waals surface area contributed by atoms with Crippen molar-refractivity contribution in [3.8, 4) is 17.2 Å². The molecule has 0 unspecified atom stereocenters. The summed E-state index contributed by atoms with van der Waals surface area (Å²) < 4.78 is 12.6. The van der Waals surface area contributed by atoms with Crippen LogP contribution in [0.5, 0.6) is 11.5 Å². The Kier molecular flexibility index (Phi) is 6.63. The lowest BCUT2D eigenvalue weighted by Crippen LogP contribution is -2.16. The molecule has 0 aliphatic carbocycles. The van der Waals surface area contributed by atoms with Crippen molar-refractivity contribution in [2.24, 2.45) is 0 Å². The number of nitrogens with one attached hydrogen (secondary N) is 1. The van der Waals surface area contributed by atoms with E-state index in [9.17, 15) is 14.9 Å². The molecule has 156 valence electrons. The van der Waals surface area contributed by atoms with Gasteiger partial charge in [0.25, 0.3) is 5.69 Å². The molecule has 0 fully saturated rings. The van der Waals surface area contributed by atoms with Gasteiger partial charge in [-0.05, 0) is 37.6 Å². The largest absolute Gasteiger partial charge is 0.490 e. The Morgan fingerprint density at radius 1 is 1.13 bits per heavy atom. The Labute approximate surface area is 173 Å². The summed E-state index contributed by atoms with van der Waals surface area (Å²) in [5.41, 5.74) is 1.43. The molecule has 1 aromatic heterocycles. The van der Waals surface area contributed by atoms with E-state index in [4.69, 9.17) is 9.47 Å². The highest BCUT2D eigenvalue weighted by Crippen LogP contribution is 2.38. The van der Waals surface area contributed by atoms with E-state index in [1.807, 2.05) is 36.5 Å². The summed E-state index contributed by atoms with van der Waals surface area (Å²) in [6.07, 6.45) is 3.57. The lowest BCUT2D eigenvalue weighted by atomic mass is 10.1. The monoisotopic (exact) mass is 410 g/mol. The number of ether oxygens (including phenoxy) is 2. The van der Waals surface area contributed by atoms with Crippen molar-refractivity contribution in [2.75, 3.05) is 18.5 Å². The highest BCUT2D eigenvalue weighted by molar-refractivity contribution is 5.95. The van der Waals surface area contributed by atoms with Crippen LogP contribution in [0.25, 0.3) is 5.69 Å². The fourth-order valence-corrected chi connectivity index (χ4v) is 2.90. The van der Waals surface area contributed by atoms with Crippen molar-refractivity contribution < 1.29 is 19.2 Å². The molecule has 0 bridgehead atoms. The number of nitrogens with zero attached hydrogens (tertiary/aromatic N) is 3. The van der Waals surface area contributed by atoms with E-state index in [1.165, 1.54) is 12.1 Å². The standard InChI is InChI=1S/C21H22N4O5/c1-3-29-19-13-17(18(25(27)28)14-20(19)30-4-2)23-21(26)12-15-6-8-16(9-7-15)24-11-5-10-22-24/h5-11,13-14H,3-4,12H2,1-2H3,(H,23,26). The Balaban J connectivity index is 1.78. The molecule has 0 aliphatic rings. The highest BCUT2D eigenvalue weighted by Gasteiger charge is 2.21. The Morgan fingerprint density at radius 3 is 2.37 bits per heavy atom. The number of hydrogen-bond acceptors (Lipinski definition) is 6. The summed E-state index contributed by atoms with van der Waals surface area (Å²) in [6, 6.07) is 11.8. The fourth-order valence-electron chi connectivity index (χ4n) is 2.90. The summed E-state index contributed by atoms with van der Waals surface area (Å²) >= 11 is 0. The number of rotatable bonds is 9. The minimum atomic E-state index is -0.563. The van der Waals surface area contributed by atoms with Gasteiger partial charge in [-0.1, -0.05) is 12.1 Å². The number of anilines is 1. The highest BCUT2D eigenvalue weighted by atomic mass is 16.6. The minimum Gasteiger partial charge on any atom is -0.490 e. The third kappa shape index (κ3) is 4.93. The molecule has 0 saturated heterocycles. The first kappa shape index (κ1) is 20.8. The summed E-state index contributed by atoms with van der Waals surface area (Å²) in [5.74, 6) is 0.221. The van der Waals surface area contributed by atoms with Crippen molar-refractivity contribution in [2.45, 2.75) is 20.3 Å². The summed E-state index contributed by atoms with van der Waals surface area (Å²) in [5, 5.41) is 18.3. The van der Waals surface area contributed by atoms with Crippen LogP contribution in [0.15, 0.2) is 54.9 Å². The Morgan fingerprint density at radius 2 is 1.80 bits per heavy atom. The second-order valence-electron chi connectivity index (χ2n) is 6.28. The second kappa shape index (κ2) is 9.55. The number of benzene rings is 2. The van der Waals surface area contributed by atoms with Crippen LogP contribution in [0.4, 0.5) is 11.4 Å². The van der Waals surface area contributed by atoms with E-state index in [2.05, 4.69) is 10.4 Å². The molecule has 2 aromatic carbocycles. The van der Waals surface area contributed by atoms with Crippen molar-refractivity contribution >= 4 is 17.3 Å². The number of nitro benzene ring substituents is 1. The van der Waals surface area contributed by atoms with Gasteiger partial charge in [-0.3, -0.25) is 14.9 Å². The van der Waals surface area contributed by atoms with Gasteiger partial charge in [0.05, 0.1) is 36.3 Å². The van der Waals surface area contributed by atoms with E-state index < -0.39 is 4.92 Å². The molecule has 9 heteroatoms. The number of carbonyl (C=O) groups is 1. The smallest absolute Gasteiger partial charge is 0.296 e. The molecular formula is C21H22N4O5. The van der Waals surface area contributed by atoms with Crippen molar-refractivity contribution in [3.05, 3.63) is 70.5 Å². The van der Waals surface area contributed by atoms with E-state index in [-0.39, 0.29) is 29.5 Å². The van der Waals surface area contributed by atoms with Crippen LogP contribution in [0, 0.1) is 10.1 Å². The maximum absolute atomic E-state index is 12.5. The molecule has 30 heavy (non-hydrogen) atoms. The van der Waals surface area contributed by atoms with Crippen LogP contribution in [0.1, 0.15) is 19.4 Å². The molecule has 0 atom stereocenters. The van der Waals surface area contributed by atoms with Gasteiger partial charge in [0.15, 0.2) is 11.5 Å². The molecule has 0 aliphatic heterocycles. The predicted octanol–water partition coefficient (Wildman–Crippen LogP) is 3.76. The molecule has 0 spiro atoms. The normalized spacial score (nSPS) is 10.5. The molecule has 9 nitrogen and oxygen atoms in total. The summed E-state index contributed by atoms with van der Waals surface area (Å²) in [7, 11) is 0. The van der Waals surface area contributed by atoms with Crippen molar-refractivity contribution in [3.63, 3.8) is 0 Å². The topological polar surface area (TPSA) is 109 Å². The third-order valence-electron chi connectivity index (χ3n) is 4.20. The SMILES string of the molecule is CCOc1cc(NC(=O)Cc2ccc(-n3cccn3)cc2)c([N+](=O)[O-])cc1OCC. The number of aromatic nitrogens is 2. The lowest BCUT2D eigenvalue weighted by Gasteiger charge is -2.13. The Bertz CT molecular complexity index is 1020. The summed E-state index contributed by atoms with van der Waals surface area (Å²) in [4.78, 5) is 23.5. The fraction of sp³-hybridized carbons (Fsp3) is 0.238. The minimum absolute atomic E-state index is 0.0602. The maximum atomic E-state index is 12.5. The van der Waals surface area contributed by atoms with Crippen LogP contribution < -0.4 is 14.8 Å². The van der Waals surface area contributed by atoms with Gasteiger partial charge < -0.3 is 14.8 Å². The molecule has 1 heterocycles. The summed E-state index contributed by atoms with van der Waals surface area (Å²) in [6.45, 7) is 4.25. The molecule has 0 saturated carbocycles. The lowest BCUT2D eigenvalue weighted by molar-refractivity contribution is -0.384. The molecule has 1 N–H and O–H groups in total. The maximum Gasteiger partial charge on any atom is 0.296 e. The van der Waals surface area contributed by atoms with Crippen LogP contribution in [-0.4, -0.2) is 33.8 Å². The van der Waals surface area contributed by atoms with Gasteiger partial charge in [-0.2, -0.15) is 5.10 Å². The molecule has 3 rings (SSSR count). The van der Waals surface area contributed by atoms with Gasteiger partial charge >= 0.3 is 0 Å². The van der Waals surface area contributed by atoms with Crippen molar-refractivity contribution in [1.82, 2.24) is 9.78 Å². The predicted molar refractivity (Wildman–Crippen MR) is 111 cm³/mol. The van der Waals surface area contributed by atoms with Gasteiger partial charge in [-0.25, -0.2) is 4.68 Å². The zero-order chi connectivity index (χ0) is 21.5. The van der Waals surface area contributed by atoms with E-state index in [0.29, 0.717) is 19.0 Å². The van der Waals surface area contributed by atoms with E-state index in [1.54, 1.807) is 24.7 Å². The van der Waals surface area contributed by atoms with Crippen LogP contribution in [0.2, 0.25) is 0 Å². The third-order valence-corrected chi connectivity index (χ3v) is 4.20. The zero-order valence-corrected chi connectivity index (χ0v) is 16.7. The number of carbonyl (C=O) groups excluding carboxylic acids is 1. The van der Waals surface area contributed by atoms with Crippen LogP contribution >= 0.6 is 0 Å². The molecular weight excluding hydrogens is 388 g/mol. The molecule has 1 amide bonds. The van der Waals surface area contributed by atoms with Gasteiger partial charge in [-0.15, -0.1) is 0 Å². The molecule has 0 radical (unpaired) electrons.